The molecule has 2 atom stereocenters. The second-order valence-electron chi connectivity index (χ2n) is 8.87. The highest BCUT2D eigenvalue weighted by atomic mass is 32.1. The molecule has 0 radical (unpaired) electrons. The zero-order valence-electron chi connectivity index (χ0n) is 19.3. The molecular formula is C24H21F4N5O2S. The first-order valence-electron chi connectivity index (χ1n) is 11.0. The number of allylic oxidation sites excluding steroid dienone is 3. The number of nitriles is 1. The summed E-state index contributed by atoms with van der Waals surface area (Å²) in [5.41, 5.74) is -0.742. The Morgan fingerprint density at radius 2 is 2.00 bits per heavy atom. The molecule has 0 N–H and O–H groups in total. The van der Waals surface area contributed by atoms with Gasteiger partial charge >= 0.3 is 6.18 Å². The van der Waals surface area contributed by atoms with E-state index in [1.165, 1.54) is 37.3 Å². The lowest BCUT2D eigenvalue weighted by atomic mass is 9.86. The van der Waals surface area contributed by atoms with Crippen LogP contribution in [-0.2, 0) is 17.6 Å². The predicted molar refractivity (Wildman–Crippen MR) is 125 cm³/mol. The Bertz CT molecular complexity index is 1260. The van der Waals surface area contributed by atoms with Gasteiger partial charge in [0.15, 0.2) is 11.0 Å². The van der Waals surface area contributed by atoms with Gasteiger partial charge in [-0.2, -0.15) is 18.4 Å². The summed E-state index contributed by atoms with van der Waals surface area (Å²) in [5, 5.41) is 8.89. The number of amides is 1. The predicted octanol–water partition coefficient (Wildman–Crippen LogP) is 5.03. The lowest BCUT2D eigenvalue weighted by Crippen LogP contribution is -2.44. The van der Waals surface area contributed by atoms with Crippen LogP contribution in [0.2, 0.25) is 0 Å². The molecule has 7 nitrogen and oxygen atoms in total. The molecule has 12 heteroatoms. The summed E-state index contributed by atoms with van der Waals surface area (Å²) in [6, 6.07) is 4.92. The third-order valence-corrected chi connectivity index (χ3v) is 6.49. The number of anilines is 1. The number of halogens is 4. The molecule has 2 aromatic rings. The number of rotatable bonds is 6. The number of aryl methyl sites for hydroxylation is 2. The topological polar surface area (TPSA) is 86.3 Å². The average molecular weight is 520 g/mol. The molecule has 0 aromatic carbocycles. The minimum Gasteiger partial charge on any atom is -0.449 e. The van der Waals surface area contributed by atoms with E-state index in [2.05, 4.69) is 9.97 Å². The molecule has 0 saturated carbocycles. The van der Waals surface area contributed by atoms with Crippen molar-refractivity contribution in [1.29, 1.82) is 5.26 Å². The van der Waals surface area contributed by atoms with E-state index in [0.717, 1.165) is 29.2 Å². The van der Waals surface area contributed by atoms with Crippen molar-refractivity contribution in [1.82, 2.24) is 14.9 Å². The van der Waals surface area contributed by atoms with E-state index in [9.17, 15) is 18.0 Å². The van der Waals surface area contributed by atoms with E-state index >= 15 is 4.39 Å². The Labute approximate surface area is 209 Å². The maximum Gasteiger partial charge on any atom is 0.399 e. The summed E-state index contributed by atoms with van der Waals surface area (Å²) >= 11 is 5.45. The molecule has 1 aliphatic carbocycles. The van der Waals surface area contributed by atoms with Gasteiger partial charge in [-0.3, -0.25) is 14.7 Å². The molecule has 4 rings (SSSR count). The van der Waals surface area contributed by atoms with Crippen LogP contribution in [0.25, 0.3) is 0 Å². The van der Waals surface area contributed by atoms with Gasteiger partial charge in [-0.15, -0.1) is 0 Å². The molecule has 1 amide bonds. The summed E-state index contributed by atoms with van der Waals surface area (Å²) in [4.78, 5) is 24.0. The molecule has 2 aromatic heterocycles. The molecule has 1 saturated heterocycles. The van der Waals surface area contributed by atoms with Crippen molar-refractivity contribution in [3.63, 3.8) is 0 Å². The van der Waals surface area contributed by atoms with Gasteiger partial charge in [-0.05, 0) is 57.1 Å². The van der Waals surface area contributed by atoms with E-state index in [1.807, 2.05) is 0 Å². The fourth-order valence-electron chi connectivity index (χ4n) is 4.28. The molecule has 2 aliphatic rings. The van der Waals surface area contributed by atoms with E-state index in [0.29, 0.717) is 24.4 Å². The van der Waals surface area contributed by atoms with Gasteiger partial charge in [0.2, 0.25) is 0 Å². The molecule has 3 heterocycles. The minimum atomic E-state index is -5.02. The quantitative estimate of drug-likeness (QED) is 0.391. The fourth-order valence-corrected chi connectivity index (χ4v) is 4.80. The molecule has 0 spiro atoms. The summed E-state index contributed by atoms with van der Waals surface area (Å²) in [6.45, 7) is 3.08. The number of oxazole rings is 1. The van der Waals surface area contributed by atoms with Crippen LogP contribution < -0.4 is 4.90 Å². The van der Waals surface area contributed by atoms with Crippen molar-refractivity contribution in [3.05, 3.63) is 66.1 Å². The van der Waals surface area contributed by atoms with Gasteiger partial charge in [-0.1, -0.05) is 6.08 Å². The van der Waals surface area contributed by atoms with Gasteiger partial charge in [0, 0.05) is 12.1 Å². The van der Waals surface area contributed by atoms with Crippen LogP contribution >= 0.6 is 12.2 Å². The highest BCUT2D eigenvalue weighted by Crippen LogP contribution is 2.45. The second kappa shape index (κ2) is 9.46. The second-order valence-corrected chi connectivity index (χ2v) is 9.24. The number of carbonyl (C=O) groups is 1. The van der Waals surface area contributed by atoms with Crippen LogP contribution in [0.1, 0.15) is 31.9 Å². The maximum atomic E-state index is 15.2. The van der Waals surface area contributed by atoms with Crippen molar-refractivity contribution >= 4 is 28.9 Å². The number of nitrogens with zero attached hydrogens (tertiary/aromatic N) is 5. The zero-order chi connectivity index (χ0) is 26.3. The first-order valence-corrected chi connectivity index (χ1v) is 11.4. The van der Waals surface area contributed by atoms with Crippen LogP contribution in [0.5, 0.6) is 0 Å². The number of thiocarbonyl (C=S) groups is 1. The number of hydrogen-bond acceptors (Lipinski definition) is 6. The van der Waals surface area contributed by atoms with Crippen LogP contribution in [-0.4, -0.2) is 37.6 Å². The number of hydrogen-bond donors (Lipinski definition) is 0. The minimum absolute atomic E-state index is 0.186. The van der Waals surface area contributed by atoms with Crippen molar-refractivity contribution in [3.8, 4) is 6.07 Å². The monoisotopic (exact) mass is 519 g/mol. The Balaban J connectivity index is 1.58. The molecule has 188 valence electrons. The van der Waals surface area contributed by atoms with E-state index in [1.54, 1.807) is 18.3 Å². The van der Waals surface area contributed by atoms with Gasteiger partial charge in [0.1, 0.15) is 23.5 Å². The molecule has 36 heavy (non-hydrogen) atoms. The zero-order valence-corrected chi connectivity index (χ0v) is 20.1. The summed E-state index contributed by atoms with van der Waals surface area (Å²) in [5.74, 6) is -6.13. The lowest BCUT2D eigenvalue weighted by molar-refractivity contribution is -0.174. The Hall–Kier alpha value is -3.59. The summed E-state index contributed by atoms with van der Waals surface area (Å²) < 4.78 is 61.0. The lowest BCUT2D eigenvalue weighted by Gasteiger charge is -2.29. The molecule has 0 bridgehead atoms. The van der Waals surface area contributed by atoms with Crippen molar-refractivity contribution in [2.75, 3.05) is 4.90 Å². The first-order chi connectivity index (χ1) is 17.0. The van der Waals surface area contributed by atoms with Crippen LogP contribution in [0.3, 0.4) is 0 Å². The Morgan fingerprint density at radius 3 is 2.58 bits per heavy atom. The van der Waals surface area contributed by atoms with Crippen LogP contribution in [0, 0.1) is 23.2 Å². The standard InChI is InChI=1S/C24H21F4N5O2S/c1-23(2)21(34)32(17-9-6-14(12-29)19(20(17)25)24(26,27)28)22(36)33(23)16-8-7-15(31-13-16)4-3-5-18-30-10-11-35-18/h6-11,13-14,19H,3-5H2,1-2H3. The normalized spacial score (nSPS) is 21.9. The number of pyridine rings is 1. The van der Waals surface area contributed by atoms with E-state index < -0.39 is 41.0 Å². The maximum absolute atomic E-state index is 15.2. The van der Waals surface area contributed by atoms with Crippen LogP contribution in [0.15, 0.2) is 58.9 Å². The molecule has 1 fully saturated rings. The SMILES string of the molecule is CC1(C)C(=O)N(C2=C(F)C(C(F)(F)F)C(C#N)C=C2)C(=S)N1c1ccc(CCCc2ncco2)nc1. The smallest absolute Gasteiger partial charge is 0.399 e. The third-order valence-electron chi connectivity index (χ3n) is 6.12. The molecular weight excluding hydrogens is 498 g/mol. The third kappa shape index (κ3) is 4.51. The van der Waals surface area contributed by atoms with Crippen LogP contribution in [0.4, 0.5) is 23.2 Å². The van der Waals surface area contributed by atoms with Gasteiger partial charge < -0.3 is 9.32 Å². The van der Waals surface area contributed by atoms with Crippen molar-refractivity contribution in [2.24, 2.45) is 11.8 Å². The number of alkyl halides is 3. The van der Waals surface area contributed by atoms with Gasteiger partial charge in [0.25, 0.3) is 5.91 Å². The number of aromatic nitrogens is 2. The number of carbonyl (C=O) groups excluding carboxylic acids is 1. The molecule has 1 aliphatic heterocycles. The largest absolute Gasteiger partial charge is 0.449 e. The Kier molecular flexibility index (Phi) is 6.70. The summed E-state index contributed by atoms with van der Waals surface area (Å²) in [7, 11) is 0. The van der Waals surface area contributed by atoms with Gasteiger partial charge in [-0.25, -0.2) is 9.37 Å². The first kappa shape index (κ1) is 25.5. The van der Waals surface area contributed by atoms with Crippen molar-refractivity contribution < 1.29 is 26.8 Å². The highest BCUT2D eigenvalue weighted by molar-refractivity contribution is 7.80. The Morgan fingerprint density at radius 1 is 1.25 bits per heavy atom. The average Bonchev–Trinajstić information content (AvgIpc) is 3.39. The van der Waals surface area contributed by atoms with E-state index in [-0.39, 0.29) is 5.11 Å². The van der Waals surface area contributed by atoms with Gasteiger partial charge in [0.05, 0.1) is 35.8 Å². The molecule has 2 unspecified atom stereocenters. The summed E-state index contributed by atoms with van der Waals surface area (Å²) in [6.07, 6.45) is 3.54. The van der Waals surface area contributed by atoms with Crippen molar-refractivity contribution in [2.45, 2.75) is 44.8 Å². The highest BCUT2D eigenvalue weighted by Gasteiger charge is 2.55. The van der Waals surface area contributed by atoms with E-state index in [4.69, 9.17) is 21.9 Å². The fraction of sp³-hybridized carbons (Fsp3) is 0.375.